The van der Waals surface area contributed by atoms with E-state index in [1.165, 1.54) is 42.5 Å². The Labute approximate surface area is 359 Å². The van der Waals surface area contributed by atoms with Crippen LogP contribution in [-0.4, -0.2) is 51.9 Å². The summed E-state index contributed by atoms with van der Waals surface area (Å²) >= 11 is 0. The van der Waals surface area contributed by atoms with Crippen molar-refractivity contribution in [2.24, 2.45) is 20.5 Å². The minimum absolute atomic E-state index is 0. The van der Waals surface area contributed by atoms with E-state index in [2.05, 4.69) is 20.5 Å². The van der Waals surface area contributed by atoms with Crippen LogP contribution in [0.4, 0.5) is 28.4 Å². The van der Waals surface area contributed by atoms with E-state index >= 15 is 0 Å². The fourth-order valence-corrected chi connectivity index (χ4v) is 6.76. The number of hydrogen-bond donors (Lipinski definition) is 1. The van der Waals surface area contributed by atoms with Crippen LogP contribution in [0.25, 0.3) is 21.5 Å². The molecule has 2 N–H and O–H groups in total. The number of rotatable bonds is 8. The molecule has 0 aromatic heterocycles. The van der Waals surface area contributed by atoms with Crippen LogP contribution in [0.15, 0.2) is 119 Å². The summed E-state index contributed by atoms with van der Waals surface area (Å²) in [6.45, 7) is 0. The molecular formula is C26H15Li2N5Na2O12S4. The van der Waals surface area contributed by atoms with Gasteiger partial charge in [-0.15, -0.1) is 20.5 Å². The zero-order valence-corrected chi connectivity index (χ0v) is 34.2. The zero-order valence-electron chi connectivity index (χ0n) is 26.9. The largest absolute Gasteiger partial charge is 1.00 e. The number of fused-ring (bicyclic) bond motifs is 2. The topological polar surface area (TPSA) is 304 Å². The molecule has 5 aromatic rings. The first kappa shape index (κ1) is 47.5. The van der Waals surface area contributed by atoms with Crippen LogP contribution >= 0.6 is 0 Å². The molecule has 0 saturated heterocycles. The number of nitrogen functional groups attached to an aromatic ring is 1. The smallest absolute Gasteiger partial charge is 0.744 e. The van der Waals surface area contributed by atoms with Crippen LogP contribution in [0.2, 0.25) is 0 Å². The van der Waals surface area contributed by atoms with E-state index in [4.69, 9.17) is 5.73 Å². The van der Waals surface area contributed by atoms with Crippen molar-refractivity contribution < 1.29 is 149 Å². The van der Waals surface area contributed by atoms with Crippen LogP contribution in [0.5, 0.6) is 0 Å². The van der Waals surface area contributed by atoms with Gasteiger partial charge < -0.3 is 23.9 Å². The van der Waals surface area contributed by atoms with Crippen molar-refractivity contribution in [2.45, 2.75) is 19.6 Å². The van der Waals surface area contributed by atoms with E-state index in [-0.39, 0.29) is 141 Å². The van der Waals surface area contributed by atoms with Gasteiger partial charge in [0.15, 0.2) is 0 Å². The van der Waals surface area contributed by atoms with Gasteiger partial charge in [-0.3, -0.25) is 0 Å². The summed E-state index contributed by atoms with van der Waals surface area (Å²) in [5, 5.41) is 15.8. The van der Waals surface area contributed by atoms with Gasteiger partial charge in [-0.25, -0.2) is 33.7 Å². The molecule has 17 nitrogen and oxygen atoms in total. The molecule has 0 atom stereocenters. The van der Waals surface area contributed by atoms with E-state index < -0.39 is 65.7 Å². The third kappa shape index (κ3) is 10.8. The summed E-state index contributed by atoms with van der Waals surface area (Å²) in [6, 6.07) is 13.7. The summed E-state index contributed by atoms with van der Waals surface area (Å²) in [6.07, 6.45) is 0. The standard InChI is InChI=1S/C26H19N5O12S4.2Li.2Na/c27-19-7-8-21(17-2-1-3-25(26(17)19)47(41,42)43)29-28-20-9-10-22(18-12-14(44(32,33)34)4-6-16(18)20)30-31-23-13-15(45(35,36)37)5-11-24(23)46(38,39)40;;;;/h1-13H,27H2,(H,32,33,34)(H,35,36,37)(H,38,39,40)(H,41,42,43);;;;/q;4*+1/p-4. The minimum atomic E-state index is -5.25. The van der Waals surface area contributed by atoms with Crippen molar-refractivity contribution >= 4 is 90.5 Å². The number of azo groups is 2. The average Bonchev–Trinajstić information content (AvgIpc) is 2.97. The second-order valence-electron chi connectivity index (χ2n) is 9.51. The van der Waals surface area contributed by atoms with Gasteiger partial charge in [0.25, 0.3) is 0 Å². The quantitative estimate of drug-likeness (QED) is 0.0663. The van der Waals surface area contributed by atoms with Crippen molar-refractivity contribution in [3.8, 4) is 0 Å². The first-order chi connectivity index (χ1) is 21.7. The zero-order chi connectivity index (χ0) is 34.5. The van der Waals surface area contributed by atoms with E-state index in [0.717, 1.165) is 18.2 Å². The van der Waals surface area contributed by atoms with Crippen molar-refractivity contribution in [1.29, 1.82) is 0 Å². The van der Waals surface area contributed by atoms with Crippen LogP contribution in [0, 0.1) is 0 Å². The molecule has 0 aliphatic heterocycles. The maximum Gasteiger partial charge on any atom is 1.00 e. The van der Waals surface area contributed by atoms with Gasteiger partial charge in [-0.1, -0.05) is 18.2 Å². The summed E-state index contributed by atoms with van der Waals surface area (Å²) < 4.78 is 140. The van der Waals surface area contributed by atoms with Gasteiger partial charge >= 0.3 is 96.8 Å². The fraction of sp³-hybridized carbons (Fsp3) is 0. The van der Waals surface area contributed by atoms with Crippen LogP contribution in [-0.2, 0) is 40.5 Å². The Kier molecular flexibility index (Phi) is 16.5. The van der Waals surface area contributed by atoms with E-state index in [9.17, 15) is 51.9 Å². The second-order valence-corrected chi connectivity index (χ2v) is 15.0. The maximum absolute atomic E-state index is 11.8. The van der Waals surface area contributed by atoms with Crippen molar-refractivity contribution in [1.82, 2.24) is 0 Å². The minimum Gasteiger partial charge on any atom is -0.744 e. The third-order valence-corrected chi connectivity index (χ3v) is 9.96. The van der Waals surface area contributed by atoms with Gasteiger partial charge in [-0.2, -0.15) is 0 Å². The first-order valence-electron chi connectivity index (χ1n) is 12.4. The molecule has 0 bridgehead atoms. The Morgan fingerprint density at radius 1 is 0.451 bits per heavy atom. The van der Waals surface area contributed by atoms with Gasteiger partial charge in [-0.05, 0) is 60.7 Å². The molecule has 244 valence electrons. The van der Waals surface area contributed by atoms with Crippen molar-refractivity contribution in [3.63, 3.8) is 0 Å². The number of anilines is 1. The predicted molar refractivity (Wildman–Crippen MR) is 159 cm³/mol. The Bertz CT molecular complexity index is 2670. The third-order valence-electron chi connectivity index (χ3n) is 6.53. The molecular weight excluding hydrogens is 762 g/mol. The molecule has 0 aliphatic carbocycles. The Balaban J connectivity index is 0.00000325. The average molecular weight is 778 g/mol. The molecule has 0 heterocycles. The Morgan fingerprint density at radius 2 is 0.902 bits per heavy atom. The maximum atomic E-state index is 11.8. The van der Waals surface area contributed by atoms with Crippen molar-refractivity contribution in [2.75, 3.05) is 5.73 Å². The molecule has 0 unspecified atom stereocenters. The molecule has 0 amide bonds. The molecule has 5 rings (SSSR count). The molecule has 0 radical (unpaired) electrons. The van der Waals surface area contributed by atoms with Gasteiger partial charge in [0.1, 0.15) is 46.2 Å². The molecule has 0 saturated carbocycles. The number of nitrogens with zero attached hydrogens (tertiary/aromatic N) is 4. The number of nitrogens with two attached hydrogens (primary N) is 1. The van der Waals surface area contributed by atoms with Crippen LogP contribution < -0.4 is 103 Å². The van der Waals surface area contributed by atoms with Crippen LogP contribution in [0.1, 0.15) is 0 Å². The van der Waals surface area contributed by atoms with Crippen molar-refractivity contribution in [3.05, 3.63) is 78.9 Å². The van der Waals surface area contributed by atoms with Crippen LogP contribution in [0.3, 0.4) is 0 Å². The normalized spacial score (nSPS) is 12.2. The fourth-order valence-electron chi connectivity index (χ4n) is 4.46. The SMILES string of the molecule is Nc1ccc(N=Nc2ccc(N=Nc3cc(S(=O)(=O)[O-])ccc3S(=O)(=O)[O-])c3cc(S(=O)(=O)[O-])ccc23)c2cccc(S(=O)(=O)[O-])c12.[Li+].[Li+].[Na+].[Na+]. The monoisotopic (exact) mass is 777 g/mol. The second kappa shape index (κ2) is 17.7. The van der Waals surface area contributed by atoms with Gasteiger partial charge in [0.05, 0.1) is 36.6 Å². The summed E-state index contributed by atoms with van der Waals surface area (Å²) in [7, 11) is -20.3. The van der Waals surface area contributed by atoms with E-state index in [1.807, 2.05) is 0 Å². The van der Waals surface area contributed by atoms with Gasteiger partial charge in [0.2, 0.25) is 0 Å². The number of hydrogen-bond acceptors (Lipinski definition) is 17. The molecule has 5 aromatic carbocycles. The molecule has 0 aliphatic rings. The Morgan fingerprint density at radius 3 is 1.43 bits per heavy atom. The summed E-state index contributed by atoms with van der Waals surface area (Å²) in [5.74, 6) is 0. The van der Waals surface area contributed by atoms with E-state index in [1.54, 1.807) is 0 Å². The molecule has 51 heavy (non-hydrogen) atoms. The Hall–Kier alpha value is -1.55. The molecule has 0 spiro atoms. The summed E-state index contributed by atoms with van der Waals surface area (Å²) in [5.41, 5.74) is 4.98. The predicted octanol–water partition coefficient (Wildman–Crippen LogP) is -7.96. The molecule has 25 heteroatoms. The number of benzene rings is 5. The summed E-state index contributed by atoms with van der Waals surface area (Å²) in [4.78, 5) is -3.24. The van der Waals surface area contributed by atoms with Gasteiger partial charge in [0, 0.05) is 27.2 Å². The van der Waals surface area contributed by atoms with E-state index in [0.29, 0.717) is 18.2 Å². The molecule has 0 fully saturated rings. The first-order valence-corrected chi connectivity index (χ1v) is 18.1.